The van der Waals surface area contributed by atoms with E-state index in [1.54, 1.807) is 35.9 Å². The van der Waals surface area contributed by atoms with E-state index in [1.165, 1.54) is 4.90 Å². The summed E-state index contributed by atoms with van der Waals surface area (Å²) in [6.45, 7) is 0.979. The molecule has 0 fully saturated rings. The maximum atomic E-state index is 12.0. The van der Waals surface area contributed by atoms with Crippen LogP contribution in [-0.2, 0) is 21.1 Å². The minimum Gasteiger partial charge on any atom is -0.361 e. The molecule has 0 unspecified atom stereocenters. The van der Waals surface area contributed by atoms with E-state index in [0.29, 0.717) is 13.1 Å². The van der Waals surface area contributed by atoms with Crippen LogP contribution in [-0.4, -0.2) is 51.3 Å². The molecule has 2 N–H and O–H groups in total. The maximum absolute atomic E-state index is 12.0. The van der Waals surface area contributed by atoms with E-state index in [9.17, 15) is 9.59 Å². The fourth-order valence-electron chi connectivity index (χ4n) is 2.14. The Bertz CT molecular complexity index is 639. The Kier molecular flexibility index (Phi) is 8.99. The number of thioether (sulfide) groups is 2. The lowest BCUT2D eigenvalue weighted by Crippen LogP contribution is -2.42. The molecule has 138 valence electrons. The van der Waals surface area contributed by atoms with Crippen molar-refractivity contribution in [3.63, 3.8) is 0 Å². The minimum absolute atomic E-state index is 0.490. The zero-order valence-corrected chi connectivity index (χ0v) is 16.0. The fourth-order valence-corrected chi connectivity index (χ4v) is 3.89. The molecule has 2 rings (SSSR count). The average molecular weight is 391 g/mol. The van der Waals surface area contributed by atoms with E-state index in [-0.39, 0.29) is 0 Å². The number of nitrogens with two attached hydrogens (primary N) is 1. The van der Waals surface area contributed by atoms with Crippen molar-refractivity contribution in [1.29, 1.82) is 0 Å². The molecule has 0 aromatic carbocycles. The van der Waals surface area contributed by atoms with Crippen LogP contribution >= 0.6 is 23.5 Å². The Hall–Kier alpha value is -2.06. The van der Waals surface area contributed by atoms with Crippen LogP contribution in [0.2, 0.25) is 0 Å². The van der Waals surface area contributed by atoms with Gasteiger partial charge in [0.1, 0.15) is 0 Å². The lowest BCUT2D eigenvalue weighted by Gasteiger charge is -2.20. The normalized spacial score (nSPS) is 10.5. The van der Waals surface area contributed by atoms with Gasteiger partial charge in [0.2, 0.25) is 0 Å². The molecular formula is C18H22N4O2S2. The molecule has 2 heterocycles. The summed E-state index contributed by atoms with van der Waals surface area (Å²) < 4.78 is 0. The summed E-state index contributed by atoms with van der Waals surface area (Å²) in [7, 11) is 0. The maximum Gasteiger partial charge on any atom is 0.311 e. The highest BCUT2D eigenvalue weighted by Crippen LogP contribution is 2.12. The number of carbonyl (C=O) groups is 2. The SMILES string of the molecule is NC(=O)C(=O)N(CCSCc1ccccn1)CCSCc1ccccn1. The van der Waals surface area contributed by atoms with Gasteiger partial charge in [0.05, 0.1) is 11.4 Å². The molecule has 2 aromatic heterocycles. The summed E-state index contributed by atoms with van der Waals surface area (Å²) in [5.41, 5.74) is 7.16. The van der Waals surface area contributed by atoms with Crippen LogP contribution in [0.25, 0.3) is 0 Å². The van der Waals surface area contributed by atoms with Gasteiger partial charge in [-0.1, -0.05) is 12.1 Å². The standard InChI is InChI=1S/C18H22N4O2S2/c19-17(23)18(24)22(9-11-25-13-15-5-1-3-7-20-15)10-12-26-14-16-6-2-4-8-21-16/h1-8H,9-14H2,(H2,19,23). The van der Waals surface area contributed by atoms with Crippen molar-refractivity contribution in [3.8, 4) is 0 Å². The number of rotatable bonds is 10. The van der Waals surface area contributed by atoms with Crippen molar-refractivity contribution < 1.29 is 9.59 Å². The molecule has 8 heteroatoms. The third kappa shape index (κ3) is 7.45. The topological polar surface area (TPSA) is 89.2 Å². The number of hydrogen-bond acceptors (Lipinski definition) is 6. The van der Waals surface area contributed by atoms with Gasteiger partial charge in [0.15, 0.2) is 0 Å². The fraction of sp³-hybridized carbons (Fsp3) is 0.333. The number of pyridine rings is 2. The molecule has 0 aliphatic rings. The highest BCUT2D eigenvalue weighted by Gasteiger charge is 2.18. The summed E-state index contributed by atoms with van der Waals surface area (Å²) in [5.74, 6) is 1.46. The second-order valence-corrected chi connectivity index (χ2v) is 7.61. The number of hydrogen-bond donors (Lipinski definition) is 1. The summed E-state index contributed by atoms with van der Waals surface area (Å²) in [5, 5.41) is 0. The number of primary amides is 1. The predicted molar refractivity (Wildman–Crippen MR) is 107 cm³/mol. The molecule has 2 amide bonds. The smallest absolute Gasteiger partial charge is 0.311 e. The van der Waals surface area contributed by atoms with E-state index in [2.05, 4.69) is 9.97 Å². The quantitative estimate of drug-likeness (QED) is 0.493. The second-order valence-electron chi connectivity index (χ2n) is 5.40. The molecule has 0 bridgehead atoms. The largest absolute Gasteiger partial charge is 0.361 e. The highest BCUT2D eigenvalue weighted by atomic mass is 32.2. The van der Waals surface area contributed by atoms with Gasteiger partial charge in [-0.05, 0) is 24.3 Å². The number of nitrogens with zero attached hydrogens (tertiary/aromatic N) is 3. The molecule has 0 radical (unpaired) electrons. The first-order chi connectivity index (χ1) is 12.7. The van der Waals surface area contributed by atoms with Gasteiger partial charge < -0.3 is 10.6 Å². The zero-order chi connectivity index (χ0) is 18.6. The van der Waals surface area contributed by atoms with Crippen molar-refractivity contribution in [2.75, 3.05) is 24.6 Å². The van der Waals surface area contributed by atoms with Crippen LogP contribution in [0.3, 0.4) is 0 Å². The van der Waals surface area contributed by atoms with Gasteiger partial charge in [0.25, 0.3) is 0 Å². The van der Waals surface area contributed by atoms with Gasteiger partial charge in [-0.15, -0.1) is 0 Å². The van der Waals surface area contributed by atoms with Gasteiger partial charge in [-0.25, -0.2) is 0 Å². The van der Waals surface area contributed by atoms with Crippen LogP contribution in [0.15, 0.2) is 48.8 Å². The van der Waals surface area contributed by atoms with E-state index >= 15 is 0 Å². The monoisotopic (exact) mass is 390 g/mol. The molecule has 0 aliphatic carbocycles. The molecule has 0 aliphatic heterocycles. The van der Waals surface area contributed by atoms with Gasteiger partial charge in [-0.3, -0.25) is 19.6 Å². The van der Waals surface area contributed by atoms with Crippen LogP contribution in [0.1, 0.15) is 11.4 Å². The highest BCUT2D eigenvalue weighted by molar-refractivity contribution is 7.98. The number of amides is 2. The molecule has 0 spiro atoms. The average Bonchev–Trinajstić information content (AvgIpc) is 2.67. The molecule has 0 saturated heterocycles. The zero-order valence-electron chi connectivity index (χ0n) is 14.4. The molecular weight excluding hydrogens is 368 g/mol. The van der Waals surface area contributed by atoms with Gasteiger partial charge in [0, 0.05) is 48.5 Å². The lowest BCUT2D eigenvalue weighted by atomic mass is 10.4. The predicted octanol–water partition coefficient (Wildman–Crippen LogP) is 1.96. The molecule has 0 saturated carbocycles. The molecule has 0 atom stereocenters. The molecule has 26 heavy (non-hydrogen) atoms. The first-order valence-electron chi connectivity index (χ1n) is 8.21. The summed E-state index contributed by atoms with van der Waals surface area (Å²) >= 11 is 3.35. The lowest BCUT2D eigenvalue weighted by molar-refractivity contribution is -0.143. The van der Waals surface area contributed by atoms with Crippen molar-refractivity contribution in [1.82, 2.24) is 14.9 Å². The number of aromatic nitrogens is 2. The summed E-state index contributed by atoms with van der Waals surface area (Å²) in [6, 6.07) is 11.6. The van der Waals surface area contributed by atoms with Crippen LogP contribution in [0, 0.1) is 0 Å². The Labute approximate surface area is 162 Å². The first kappa shape index (κ1) is 20.3. The third-order valence-corrected chi connectivity index (χ3v) is 5.40. The Morgan fingerprint density at radius 1 is 0.885 bits per heavy atom. The summed E-state index contributed by atoms with van der Waals surface area (Å²) in [4.78, 5) is 33.3. The van der Waals surface area contributed by atoms with Crippen LogP contribution in [0.5, 0.6) is 0 Å². The van der Waals surface area contributed by atoms with Crippen LogP contribution < -0.4 is 5.73 Å². The van der Waals surface area contributed by atoms with E-state index in [0.717, 1.165) is 34.4 Å². The third-order valence-electron chi connectivity index (χ3n) is 3.46. The van der Waals surface area contributed by atoms with Gasteiger partial charge in [-0.2, -0.15) is 23.5 Å². The Morgan fingerprint density at radius 2 is 1.38 bits per heavy atom. The Balaban J connectivity index is 1.72. The minimum atomic E-state index is -0.908. The Morgan fingerprint density at radius 3 is 1.77 bits per heavy atom. The van der Waals surface area contributed by atoms with Crippen molar-refractivity contribution >= 4 is 35.3 Å². The van der Waals surface area contributed by atoms with Crippen LogP contribution in [0.4, 0.5) is 0 Å². The summed E-state index contributed by atoms with van der Waals surface area (Å²) in [6.07, 6.45) is 3.52. The molecule has 2 aromatic rings. The van der Waals surface area contributed by atoms with Crippen molar-refractivity contribution in [3.05, 3.63) is 60.2 Å². The van der Waals surface area contributed by atoms with Gasteiger partial charge >= 0.3 is 11.8 Å². The van der Waals surface area contributed by atoms with Crippen molar-refractivity contribution in [2.24, 2.45) is 5.73 Å². The number of carbonyl (C=O) groups excluding carboxylic acids is 2. The molecule has 6 nitrogen and oxygen atoms in total. The van der Waals surface area contributed by atoms with E-state index < -0.39 is 11.8 Å². The second kappa shape index (κ2) is 11.5. The van der Waals surface area contributed by atoms with E-state index in [4.69, 9.17) is 5.73 Å². The van der Waals surface area contributed by atoms with E-state index in [1.807, 2.05) is 36.4 Å². The first-order valence-corrected chi connectivity index (χ1v) is 10.5. The van der Waals surface area contributed by atoms with Crippen molar-refractivity contribution in [2.45, 2.75) is 11.5 Å².